The molecule has 10 aromatic carbocycles. The first kappa shape index (κ1) is 32.7. The second kappa shape index (κ2) is 13.0. The maximum absolute atomic E-state index is 2.50. The first-order valence-corrected chi connectivity index (χ1v) is 20.2. The van der Waals surface area contributed by atoms with Gasteiger partial charge in [0, 0.05) is 0 Å². The van der Waals surface area contributed by atoms with Gasteiger partial charge in [0.15, 0.2) is 0 Å². The molecule has 12 rings (SSSR count). The van der Waals surface area contributed by atoms with E-state index in [1.165, 1.54) is 121 Å². The van der Waals surface area contributed by atoms with Gasteiger partial charge in [-0.2, -0.15) is 0 Å². The van der Waals surface area contributed by atoms with E-state index in [-0.39, 0.29) is 0 Å². The summed E-state index contributed by atoms with van der Waals surface area (Å²) in [6, 6.07) is 80.8. The molecule has 0 saturated heterocycles. The Labute approximate surface area is 338 Å². The molecule has 0 amide bonds. The predicted molar refractivity (Wildman–Crippen MR) is 246 cm³/mol. The van der Waals surface area contributed by atoms with E-state index in [0.717, 1.165) is 0 Å². The largest absolute Gasteiger partial charge is 0.0622 e. The van der Waals surface area contributed by atoms with Gasteiger partial charge in [-0.05, 0) is 134 Å². The maximum Gasteiger partial charge on any atom is -0.000137 e. The Kier molecular flexibility index (Phi) is 7.33. The highest BCUT2D eigenvalue weighted by molar-refractivity contribution is 6.41. The Morgan fingerprint density at radius 1 is 0.190 bits per heavy atom. The van der Waals surface area contributed by atoms with Gasteiger partial charge in [0.05, 0.1) is 0 Å². The van der Waals surface area contributed by atoms with Crippen LogP contribution in [0.5, 0.6) is 0 Å². The SMILES string of the molecule is c1ccc(C2=C(c3ccccc3)C(c3ccc4ccc5cccc6ccc3c4c56)=C3C2=C(c2ccccc2)c2cc(-c4ccccc4)c(-c4ccccc4)cc23)cc1. The van der Waals surface area contributed by atoms with Crippen molar-refractivity contribution in [1.29, 1.82) is 0 Å². The third-order valence-corrected chi connectivity index (χ3v) is 12.4. The van der Waals surface area contributed by atoms with E-state index in [1.54, 1.807) is 0 Å². The van der Waals surface area contributed by atoms with Crippen LogP contribution in [-0.2, 0) is 0 Å². The minimum Gasteiger partial charge on any atom is -0.0622 e. The number of benzene rings is 10. The summed E-state index contributed by atoms with van der Waals surface area (Å²) in [5, 5.41) is 7.78. The quantitative estimate of drug-likeness (QED) is 0.149. The van der Waals surface area contributed by atoms with E-state index in [0.29, 0.717) is 0 Å². The third kappa shape index (κ3) is 4.89. The average molecular weight is 733 g/mol. The highest BCUT2D eigenvalue weighted by atomic mass is 14.4. The molecule has 10 aromatic rings. The van der Waals surface area contributed by atoms with Crippen molar-refractivity contribution in [2.45, 2.75) is 0 Å². The van der Waals surface area contributed by atoms with Crippen LogP contribution in [0.15, 0.2) is 224 Å². The van der Waals surface area contributed by atoms with Gasteiger partial charge in [0.25, 0.3) is 0 Å². The van der Waals surface area contributed by atoms with E-state index < -0.39 is 0 Å². The lowest BCUT2D eigenvalue weighted by Gasteiger charge is -2.20. The molecular weight excluding hydrogens is 697 g/mol. The van der Waals surface area contributed by atoms with Crippen LogP contribution in [0, 0.1) is 0 Å². The summed E-state index contributed by atoms with van der Waals surface area (Å²) in [5.41, 5.74) is 20.1. The second-order valence-corrected chi connectivity index (χ2v) is 15.5. The molecule has 0 saturated carbocycles. The topological polar surface area (TPSA) is 0 Å². The number of hydrogen-bond acceptors (Lipinski definition) is 0. The predicted octanol–water partition coefficient (Wildman–Crippen LogP) is 15.3. The molecule has 0 bridgehead atoms. The van der Waals surface area contributed by atoms with Crippen molar-refractivity contribution in [2.75, 3.05) is 0 Å². The Hall–Kier alpha value is -7.54. The average Bonchev–Trinajstić information content (AvgIpc) is 3.81. The molecule has 268 valence electrons. The highest BCUT2D eigenvalue weighted by Crippen LogP contribution is 2.63. The summed E-state index contributed by atoms with van der Waals surface area (Å²) < 4.78 is 0. The first-order chi connectivity index (χ1) is 28.8. The first-order valence-electron chi connectivity index (χ1n) is 20.2. The molecular formula is C58H36. The molecule has 0 aromatic heterocycles. The van der Waals surface area contributed by atoms with Crippen LogP contribution in [0.3, 0.4) is 0 Å². The van der Waals surface area contributed by atoms with E-state index in [1.807, 2.05) is 0 Å². The minimum absolute atomic E-state index is 1.21. The molecule has 2 aliphatic carbocycles. The lowest BCUT2D eigenvalue weighted by molar-refractivity contribution is 1.52. The fraction of sp³-hybridized carbons (Fsp3) is 0. The molecule has 0 heterocycles. The van der Waals surface area contributed by atoms with Crippen LogP contribution < -0.4 is 0 Å². The van der Waals surface area contributed by atoms with Gasteiger partial charge in [-0.25, -0.2) is 0 Å². The van der Waals surface area contributed by atoms with Crippen LogP contribution >= 0.6 is 0 Å². The van der Waals surface area contributed by atoms with E-state index in [2.05, 4.69) is 218 Å². The molecule has 0 spiro atoms. The van der Waals surface area contributed by atoms with Crippen molar-refractivity contribution in [2.24, 2.45) is 0 Å². The number of fused-ring (bicyclic) bond motifs is 3. The second-order valence-electron chi connectivity index (χ2n) is 15.5. The van der Waals surface area contributed by atoms with Crippen LogP contribution in [-0.4, -0.2) is 0 Å². The van der Waals surface area contributed by atoms with Crippen LogP contribution in [0.4, 0.5) is 0 Å². The van der Waals surface area contributed by atoms with Crippen molar-refractivity contribution >= 4 is 60.2 Å². The summed E-state index contributed by atoms with van der Waals surface area (Å²) in [7, 11) is 0. The van der Waals surface area contributed by atoms with E-state index >= 15 is 0 Å². The van der Waals surface area contributed by atoms with Gasteiger partial charge in [-0.1, -0.05) is 206 Å². The van der Waals surface area contributed by atoms with E-state index in [9.17, 15) is 0 Å². The zero-order chi connectivity index (χ0) is 38.2. The molecule has 0 aliphatic heterocycles. The number of hydrogen-bond donors (Lipinski definition) is 0. The summed E-state index contributed by atoms with van der Waals surface area (Å²) in [4.78, 5) is 0. The molecule has 2 aliphatic rings. The smallest absolute Gasteiger partial charge is 0.000137 e. The summed E-state index contributed by atoms with van der Waals surface area (Å²) in [5.74, 6) is 0. The van der Waals surface area contributed by atoms with Crippen molar-refractivity contribution in [3.05, 3.63) is 257 Å². The van der Waals surface area contributed by atoms with Crippen molar-refractivity contribution in [3.63, 3.8) is 0 Å². The third-order valence-electron chi connectivity index (χ3n) is 12.4. The Bertz CT molecular complexity index is 3300. The molecule has 0 heteroatoms. The van der Waals surface area contributed by atoms with Gasteiger partial charge < -0.3 is 0 Å². The van der Waals surface area contributed by atoms with Gasteiger partial charge in [0.1, 0.15) is 0 Å². The molecule has 0 atom stereocenters. The highest BCUT2D eigenvalue weighted by Gasteiger charge is 2.41. The number of allylic oxidation sites excluding steroid dienone is 5. The Morgan fingerprint density at radius 3 is 1.09 bits per heavy atom. The van der Waals surface area contributed by atoms with Crippen LogP contribution in [0.2, 0.25) is 0 Å². The molecule has 0 fully saturated rings. The van der Waals surface area contributed by atoms with Gasteiger partial charge in [-0.3, -0.25) is 0 Å². The fourth-order valence-electron chi connectivity index (χ4n) is 9.92. The summed E-state index contributed by atoms with van der Waals surface area (Å²) in [6.45, 7) is 0. The number of rotatable bonds is 6. The Morgan fingerprint density at radius 2 is 0.569 bits per heavy atom. The molecule has 58 heavy (non-hydrogen) atoms. The zero-order valence-electron chi connectivity index (χ0n) is 31.8. The minimum atomic E-state index is 1.21. The summed E-state index contributed by atoms with van der Waals surface area (Å²) in [6.07, 6.45) is 0. The van der Waals surface area contributed by atoms with Crippen LogP contribution in [0.25, 0.3) is 82.4 Å². The zero-order valence-corrected chi connectivity index (χ0v) is 31.8. The molecule has 0 N–H and O–H groups in total. The van der Waals surface area contributed by atoms with Crippen LogP contribution in [0.1, 0.15) is 33.4 Å². The van der Waals surface area contributed by atoms with Crippen molar-refractivity contribution in [3.8, 4) is 22.3 Å². The van der Waals surface area contributed by atoms with Gasteiger partial charge >= 0.3 is 0 Å². The molecule has 0 unspecified atom stereocenters. The lowest BCUT2D eigenvalue weighted by atomic mass is 9.82. The maximum atomic E-state index is 2.50. The normalized spacial score (nSPS) is 13.7. The van der Waals surface area contributed by atoms with Crippen molar-refractivity contribution < 1.29 is 0 Å². The van der Waals surface area contributed by atoms with Crippen molar-refractivity contribution in [1.82, 2.24) is 0 Å². The monoisotopic (exact) mass is 732 g/mol. The van der Waals surface area contributed by atoms with Gasteiger partial charge in [-0.15, -0.1) is 0 Å². The molecule has 0 nitrogen and oxygen atoms in total. The standard InChI is InChI=1S/C58H36/c1-6-17-37(18-7-1)47-35-49-50(36-48(47)38-19-8-2-9-20-38)57-56(46-34-32-44-30-29-42-27-16-28-43-31-33-45(46)52(44)51(42)43)54(40-23-12-4-13-24-40)55(41-25-14-5-15-26-41)58(57)53(49)39-21-10-3-11-22-39/h1-36H. The van der Waals surface area contributed by atoms with E-state index in [4.69, 9.17) is 0 Å². The molecule has 0 radical (unpaired) electrons. The lowest BCUT2D eigenvalue weighted by Crippen LogP contribution is -1.98. The Balaban J connectivity index is 1.30. The fourth-order valence-corrected chi connectivity index (χ4v) is 9.92. The van der Waals surface area contributed by atoms with Gasteiger partial charge in [0.2, 0.25) is 0 Å². The summed E-state index contributed by atoms with van der Waals surface area (Å²) >= 11 is 0.